The maximum absolute atomic E-state index is 13.2. The minimum Gasteiger partial charge on any atom is -0.356 e. The predicted octanol–water partition coefficient (Wildman–Crippen LogP) is 4.92. The van der Waals surface area contributed by atoms with Crippen LogP contribution in [0.3, 0.4) is 0 Å². The maximum atomic E-state index is 13.2. The van der Waals surface area contributed by atoms with Crippen LogP contribution in [0, 0.1) is 12.8 Å². The average Bonchev–Trinajstić information content (AvgIpc) is 3.55. The van der Waals surface area contributed by atoms with E-state index in [2.05, 4.69) is 27.8 Å². The summed E-state index contributed by atoms with van der Waals surface area (Å²) in [6, 6.07) is 15.6. The number of amides is 4. The number of nitrogens with zero attached hydrogens (tertiary/aromatic N) is 2. The summed E-state index contributed by atoms with van der Waals surface area (Å²) in [5.41, 5.74) is 3.46. The Bertz CT molecular complexity index is 1360. The van der Waals surface area contributed by atoms with E-state index in [1.165, 1.54) is 0 Å². The quantitative estimate of drug-likeness (QED) is 0.183. The molecule has 2 aromatic rings. The van der Waals surface area contributed by atoms with Crippen LogP contribution in [0.2, 0.25) is 0 Å². The van der Waals surface area contributed by atoms with Gasteiger partial charge in [0.25, 0.3) is 5.91 Å². The molecule has 0 bridgehead atoms. The molecule has 242 valence electrons. The molecule has 4 rings (SSSR count). The van der Waals surface area contributed by atoms with E-state index in [-0.39, 0.29) is 29.7 Å². The van der Waals surface area contributed by atoms with Gasteiger partial charge in [0.05, 0.1) is 5.92 Å². The first-order valence-corrected chi connectivity index (χ1v) is 16.4. The van der Waals surface area contributed by atoms with E-state index in [1.54, 1.807) is 11.0 Å². The van der Waals surface area contributed by atoms with Crippen LogP contribution in [0.1, 0.15) is 75.3 Å². The van der Waals surface area contributed by atoms with Gasteiger partial charge in [0.2, 0.25) is 17.7 Å². The van der Waals surface area contributed by atoms with Gasteiger partial charge < -0.3 is 25.8 Å². The number of benzene rings is 2. The van der Waals surface area contributed by atoms with Crippen LogP contribution < -0.4 is 20.9 Å². The fraction of sp³-hybridized carbons (Fsp3) is 0.500. The van der Waals surface area contributed by atoms with Gasteiger partial charge in [-0.25, -0.2) is 0 Å². The molecule has 0 saturated carbocycles. The summed E-state index contributed by atoms with van der Waals surface area (Å²) in [6.07, 6.45) is 10.5. The molecule has 9 heteroatoms. The molecule has 3 N–H and O–H groups in total. The molecule has 1 unspecified atom stereocenters. The van der Waals surface area contributed by atoms with Crippen molar-refractivity contribution in [2.45, 2.75) is 77.2 Å². The molecule has 45 heavy (non-hydrogen) atoms. The molecule has 9 nitrogen and oxygen atoms in total. The number of rotatable bonds is 16. The molecule has 1 fully saturated rings. The van der Waals surface area contributed by atoms with Gasteiger partial charge >= 0.3 is 0 Å². The van der Waals surface area contributed by atoms with Crippen LogP contribution in [0.25, 0.3) is 0 Å². The summed E-state index contributed by atoms with van der Waals surface area (Å²) in [6.45, 7) is 6.52. The second-order valence-electron chi connectivity index (χ2n) is 12.6. The van der Waals surface area contributed by atoms with Crippen molar-refractivity contribution >= 4 is 35.0 Å². The van der Waals surface area contributed by atoms with Crippen molar-refractivity contribution in [3.63, 3.8) is 0 Å². The number of aryl methyl sites for hydroxylation is 1. The number of likely N-dealkylation sites (N-methyl/N-ethyl adjacent to an activating group) is 1. The van der Waals surface area contributed by atoms with Crippen molar-refractivity contribution < 1.29 is 19.2 Å². The van der Waals surface area contributed by atoms with Crippen molar-refractivity contribution in [3.8, 4) is 0 Å². The highest BCUT2D eigenvalue weighted by Crippen LogP contribution is 2.37. The lowest BCUT2D eigenvalue weighted by Gasteiger charge is -2.17. The molecule has 0 spiro atoms. The van der Waals surface area contributed by atoms with Crippen molar-refractivity contribution in [3.05, 3.63) is 71.8 Å². The first kappa shape index (κ1) is 33.9. The number of fused-ring (bicyclic) bond motifs is 1. The maximum Gasteiger partial charge on any atom is 0.250 e. The molecule has 4 amide bonds. The van der Waals surface area contributed by atoms with Gasteiger partial charge in [0.15, 0.2) is 0 Å². The lowest BCUT2D eigenvalue weighted by atomic mass is 9.94. The van der Waals surface area contributed by atoms with Gasteiger partial charge in [-0.15, -0.1) is 0 Å². The summed E-state index contributed by atoms with van der Waals surface area (Å²) in [7, 11) is 2.02. The smallest absolute Gasteiger partial charge is 0.250 e. The highest BCUT2D eigenvalue weighted by molar-refractivity contribution is 6.07. The summed E-state index contributed by atoms with van der Waals surface area (Å²) in [4.78, 5) is 53.8. The molecule has 0 aliphatic carbocycles. The Kier molecular flexibility index (Phi) is 12.7. The van der Waals surface area contributed by atoms with Gasteiger partial charge in [0.1, 0.15) is 0 Å². The molecule has 2 aliphatic rings. The number of carbonyl (C=O) groups excluding carboxylic acids is 4. The van der Waals surface area contributed by atoms with E-state index in [4.69, 9.17) is 0 Å². The normalized spacial score (nSPS) is 19.2. The fourth-order valence-electron chi connectivity index (χ4n) is 6.20. The number of hydrogen-bond acceptors (Lipinski definition) is 5. The first-order chi connectivity index (χ1) is 21.7. The van der Waals surface area contributed by atoms with Crippen LogP contribution in [0.4, 0.5) is 11.4 Å². The monoisotopic (exact) mass is 615 g/mol. The van der Waals surface area contributed by atoms with E-state index >= 15 is 0 Å². The average molecular weight is 616 g/mol. The van der Waals surface area contributed by atoms with Gasteiger partial charge in [0, 0.05) is 56.0 Å². The number of unbranched alkanes of at least 4 members (excludes halogenated alkanes) is 3. The summed E-state index contributed by atoms with van der Waals surface area (Å²) in [5.74, 6) is 0.00729. The van der Waals surface area contributed by atoms with Crippen LogP contribution in [0.5, 0.6) is 0 Å². The van der Waals surface area contributed by atoms with Gasteiger partial charge in [-0.1, -0.05) is 49.2 Å². The minimum absolute atomic E-state index is 0.106. The molecule has 3 atom stereocenters. The Morgan fingerprint density at radius 1 is 1.04 bits per heavy atom. The standard InChI is InChI=1S/C36H49N5O4/c1-26-13-11-15-29(23-26)39-36(45)31-25-41(32-17-8-7-16-30(31)32)35(44)19-12-22-40(3)21-10-9-20-37-33(42)18-6-4-5-14-28-24-34(43)38-27(28)2/h7-8,11-13,15-17,19,23,27-28,31H,4-6,9-10,14,18,20-22,24-25H2,1-3H3,(H,37,42)(H,38,43)(H,39,45)/b19-12+/t27-,28-,31?/m0/s1. The third kappa shape index (κ3) is 10.3. The van der Waals surface area contributed by atoms with Crippen LogP contribution in [-0.4, -0.2) is 67.8 Å². The molecular formula is C36H49N5O4. The second kappa shape index (κ2) is 16.9. The van der Waals surface area contributed by atoms with Gasteiger partial charge in [-0.2, -0.15) is 0 Å². The Morgan fingerprint density at radius 3 is 2.64 bits per heavy atom. The number of nitrogens with one attached hydrogen (secondary N) is 3. The largest absolute Gasteiger partial charge is 0.356 e. The minimum atomic E-state index is -0.432. The van der Waals surface area contributed by atoms with E-state index in [9.17, 15) is 19.2 Å². The van der Waals surface area contributed by atoms with E-state index in [0.29, 0.717) is 38.4 Å². The number of para-hydroxylation sites is 1. The zero-order valence-electron chi connectivity index (χ0n) is 27.0. The van der Waals surface area contributed by atoms with E-state index in [0.717, 1.165) is 67.6 Å². The zero-order chi connectivity index (χ0) is 32.2. The Hall–Kier alpha value is -3.98. The molecular weight excluding hydrogens is 566 g/mol. The molecule has 2 aromatic carbocycles. The van der Waals surface area contributed by atoms with Crippen LogP contribution >= 0.6 is 0 Å². The van der Waals surface area contributed by atoms with Crippen molar-refractivity contribution in [2.24, 2.45) is 5.92 Å². The highest BCUT2D eigenvalue weighted by atomic mass is 16.2. The summed E-state index contributed by atoms with van der Waals surface area (Å²) in [5, 5.41) is 9.00. The van der Waals surface area contributed by atoms with Crippen molar-refractivity contribution in [2.75, 3.05) is 43.4 Å². The Labute approximate surface area is 267 Å². The molecule has 1 saturated heterocycles. The Morgan fingerprint density at radius 2 is 1.87 bits per heavy atom. The molecule has 0 aromatic heterocycles. The van der Waals surface area contributed by atoms with E-state index < -0.39 is 5.92 Å². The zero-order valence-corrected chi connectivity index (χ0v) is 27.0. The lowest BCUT2D eigenvalue weighted by molar-refractivity contribution is -0.121. The second-order valence-corrected chi connectivity index (χ2v) is 12.6. The fourth-order valence-corrected chi connectivity index (χ4v) is 6.20. The van der Waals surface area contributed by atoms with Crippen LogP contribution in [-0.2, 0) is 19.2 Å². The third-order valence-electron chi connectivity index (χ3n) is 8.82. The Balaban J connectivity index is 1.09. The van der Waals surface area contributed by atoms with Crippen molar-refractivity contribution in [1.82, 2.24) is 15.5 Å². The number of anilines is 2. The predicted molar refractivity (Wildman–Crippen MR) is 179 cm³/mol. The third-order valence-corrected chi connectivity index (χ3v) is 8.82. The van der Waals surface area contributed by atoms with Crippen LogP contribution in [0.15, 0.2) is 60.7 Å². The number of hydrogen-bond donors (Lipinski definition) is 3. The van der Waals surface area contributed by atoms with Crippen molar-refractivity contribution in [1.29, 1.82) is 0 Å². The summed E-state index contributed by atoms with van der Waals surface area (Å²) >= 11 is 0. The first-order valence-electron chi connectivity index (χ1n) is 16.4. The molecule has 2 heterocycles. The molecule has 0 radical (unpaired) electrons. The topological polar surface area (TPSA) is 111 Å². The van der Waals surface area contributed by atoms with Gasteiger partial charge in [-0.05, 0) is 88.4 Å². The summed E-state index contributed by atoms with van der Waals surface area (Å²) < 4.78 is 0. The molecule has 2 aliphatic heterocycles. The van der Waals surface area contributed by atoms with E-state index in [1.807, 2.05) is 68.6 Å². The lowest BCUT2D eigenvalue weighted by Crippen LogP contribution is -2.31. The highest BCUT2D eigenvalue weighted by Gasteiger charge is 2.35. The SMILES string of the molecule is Cc1cccc(NC(=O)C2CN(C(=O)/C=C/CN(C)CCCCNC(=O)CCCCC[C@H]3CC(=O)N[C@H]3C)c3ccccc32)c1. The number of carbonyl (C=O) groups is 4. The van der Waals surface area contributed by atoms with Gasteiger partial charge in [-0.3, -0.25) is 19.2 Å².